The summed E-state index contributed by atoms with van der Waals surface area (Å²) in [4.78, 5) is 4.28. The van der Waals surface area contributed by atoms with Gasteiger partial charge in [-0.05, 0) is 24.0 Å². The van der Waals surface area contributed by atoms with Gasteiger partial charge in [-0.15, -0.1) is 11.6 Å². The number of pyridine rings is 1. The van der Waals surface area contributed by atoms with Crippen molar-refractivity contribution >= 4 is 11.6 Å². The van der Waals surface area contributed by atoms with Crippen LogP contribution in [0.4, 0.5) is 0 Å². The largest absolute Gasteiger partial charge is 0.261 e. The molecular weight excluding hydrogens is 194 g/mol. The van der Waals surface area contributed by atoms with Gasteiger partial charge in [0.05, 0.1) is 0 Å². The van der Waals surface area contributed by atoms with E-state index in [1.165, 1.54) is 0 Å². The number of aromatic nitrogens is 1. The molecule has 0 spiro atoms. The first-order valence-corrected chi connectivity index (χ1v) is 5.54. The molecule has 0 N–H and O–H groups in total. The van der Waals surface area contributed by atoms with Crippen molar-refractivity contribution in [3.05, 3.63) is 30.1 Å². The molecular formula is C12H18ClN. The molecule has 0 aliphatic heterocycles. The fourth-order valence-electron chi connectivity index (χ4n) is 1.20. The van der Waals surface area contributed by atoms with E-state index < -0.39 is 0 Å². The lowest BCUT2D eigenvalue weighted by molar-refractivity contribution is 0.329. The highest BCUT2D eigenvalue weighted by molar-refractivity contribution is 6.21. The average Bonchev–Trinajstić information content (AvgIpc) is 2.19. The third kappa shape index (κ3) is 2.98. The van der Waals surface area contributed by atoms with E-state index in [4.69, 9.17) is 11.6 Å². The predicted molar refractivity (Wildman–Crippen MR) is 61.7 cm³/mol. The fourth-order valence-corrected chi connectivity index (χ4v) is 1.51. The van der Waals surface area contributed by atoms with Gasteiger partial charge in [0.15, 0.2) is 0 Å². The number of alkyl halides is 1. The zero-order valence-electron chi connectivity index (χ0n) is 9.13. The Morgan fingerprint density at radius 3 is 2.64 bits per heavy atom. The Balaban J connectivity index is 2.62. The quantitative estimate of drug-likeness (QED) is 0.693. The third-order valence-electron chi connectivity index (χ3n) is 2.87. The van der Waals surface area contributed by atoms with Crippen molar-refractivity contribution in [2.75, 3.05) is 0 Å². The number of hydrogen-bond donors (Lipinski definition) is 0. The van der Waals surface area contributed by atoms with Crippen LogP contribution in [0.1, 0.15) is 32.9 Å². The van der Waals surface area contributed by atoms with Gasteiger partial charge in [-0.3, -0.25) is 4.98 Å². The summed E-state index contributed by atoms with van der Waals surface area (Å²) in [6.45, 7) is 6.58. The second kappa shape index (κ2) is 4.79. The molecule has 1 atom stereocenters. The smallest absolute Gasteiger partial charge is 0.0442 e. The maximum Gasteiger partial charge on any atom is 0.0442 e. The zero-order chi connectivity index (χ0) is 10.6. The van der Waals surface area contributed by atoms with Crippen LogP contribution in [0.3, 0.4) is 0 Å². The average molecular weight is 212 g/mol. The highest BCUT2D eigenvalue weighted by Crippen LogP contribution is 2.30. The number of halogens is 1. The second-order valence-corrected chi connectivity index (χ2v) is 4.86. The van der Waals surface area contributed by atoms with Crippen LogP contribution >= 0.6 is 11.6 Å². The molecule has 14 heavy (non-hydrogen) atoms. The molecule has 1 heterocycles. The molecule has 1 nitrogen and oxygen atoms in total. The van der Waals surface area contributed by atoms with E-state index in [1.807, 2.05) is 24.4 Å². The van der Waals surface area contributed by atoms with Crippen molar-refractivity contribution < 1.29 is 0 Å². The maximum absolute atomic E-state index is 6.37. The van der Waals surface area contributed by atoms with Crippen LogP contribution in [0.2, 0.25) is 0 Å². The molecule has 0 amide bonds. The van der Waals surface area contributed by atoms with Gasteiger partial charge in [0.1, 0.15) is 0 Å². The van der Waals surface area contributed by atoms with Crippen LogP contribution in [-0.2, 0) is 6.42 Å². The number of rotatable bonds is 4. The molecule has 0 aliphatic carbocycles. The number of nitrogens with zero attached hydrogens (tertiary/aromatic N) is 1. The van der Waals surface area contributed by atoms with Crippen LogP contribution in [-0.4, -0.2) is 10.4 Å². The topological polar surface area (TPSA) is 12.9 Å². The Morgan fingerprint density at radius 2 is 2.14 bits per heavy atom. The fraction of sp³-hybridized carbons (Fsp3) is 0.583. The molecule has 1 rings (SSSR count). The normalized spacial score (nSPS) is 14.0. The molecule has 0 bridgehead atoms. The molecule has 0 radical (unpaired) electrons. The SMILES string of the molecule is CCC(C)(C)C(Cl)Cc1ccccn1. The van der Waals surface area contributed by atoms with Crippen molar-refractivity contribution in [1.82, 2.24) is 4.98 Å². The van der Waals surface area contributed by atoms with Crippen LogP contribution in [0, 0.1) is 5.41 Å². The van der Waals surface area contributed by atoms with Gasteiger partial charge in [0.2, 0.25) is 0 Å². The van der Waals surface area contributed by atoms with E-state index in [1.54, 1.807) is 0 Å². The van der Waals surface area contributed by atoms with Gasteiger partial charge in [0.25, 0.3) is 0 Å². The number of hydrogen-bond acceptors (Lipinski definition) is 1. The summed E-state index contributed by atoms with van der Waals surface area (Å²) in [5, 5.41) is 0.155. The molecule has 0 saturated heterocycles. The summed E-state index contributed by atoms with van der Waals surface area (Å²) >= 11 is 6.37. The van der Waals surface area contributed by atoms with E-state index in [0.717, 1.165) is 18.5 Å². The highest BCUT2D eigenvalue weighted by Gasteiger charge is 2.25. The van der Waals surface area contributed by atoms with Crippen molar-refractivity contribution in [3.8, 4) is 0 Å². The van der Waals surface area contributed by atoms with Crippen LogP contribution in [0.5, 0.6) is 0 Å². The van der Waals surface area contributed by atoms with Crippen LogP contribution in [0.15, 0.2) is 24.4 Å². The van der Waals surface area contributed by atoms with Crippen molar-refractivity contribution in [2.24, 2.45) is 5.41 Å². The van der Waals surface area contributed by atoms with Gasteiger partial charge in [-0.2, -0.15) is 0 Å². The lowest BCUT2D eigenvalue weighted by atomic mass is 9.84. The molecule has 0 aliphatic rings. The minimum absolute atomic E-state index is 0.155. The van der Waals surface area contributed by atoms with E-state index in [9.17, 15) is 0 Å². The third-order valence-corrected chi connectivity index (χ3v) is 3.62. The van der Waals surface area contributed by atoms with Gasteiger partial charge in [-0.1, -0.05) is 26.8 Å². The molecule has 1 unspecified atom stereocenters. The Kier molecular flexibility index (Phi) is 3.94. The molecule has 0 aromatic carbocycles. The highest BCUT2D eigenvalue weighted by atomic mass is 35.5. The van der Waals surface area contributed by atoms with Crippen LogP contribution in [0.25, 0.3) is 0 Å². The standard InChI is InChI=1S/C12H18ClN/c1-4-12(2,3)11(13)9-10-7-5-6-8-14-10/h5-8,11H,4,9H2,1-3H3. The Bertz CT molecular complexity index is 269. The van der Waals surface area contributed by atoms with Crippen LogP contribution < -0.4 is 0 Å². The van der Waals surface area contributed by atoms with Gasteiger partial charge in [0, 0.05) is 23.7 Å². The lowest BCUT2D eigenvalue weighted by Crippen LogP contribution is -2.26. The van der Waals surface area contributed by atoms with Crippen molar-refractivity contribution in [3.63, 3.8) is 0 Å². The minimum Gasteiger partial charge on any atom is -0.261 e. The summed E-state index contributed by atoms with van der Waals surface area (Å²) in [7, 11) is 0. The summed E-state index contributed by atoms with van der Waals surface area (Å²) < 4.78 is 0. The van der Waals surface area contributed by atoms with Crippen molar-refractivity contribution in [1.29, 1.82) is 0 Å². The molecule has 1 aromatic heterocycles. The van der Waals surface area contributed by atoms with E-state index in [-0.39, 0.29) is 10.8 Å². The second-order valence-electron chi connectivity index (χ2n) is 4.33. The van der Waals surface area contributed by atoms with Gasteiger partial charge in [-0.25, -0.2) is 0 Å². The van der Waals surface area contributed by atoms with Crippen molar-refractivity contribution in [2.45, 2.75) is 39.0 Å². The lowest BCUT2D eigenvalue weighted by Gasteiger charge is -2.28. The van der Waals surface area contributed by atoms with Gasteiger partial charge >= 0.3 is 0 Å². The molecule has 2 heteroatoms. The van der Waals surface area contributed by atoms with Gasteiger partial charge < -0.3 is 0 Å². The monoisotopic (exact) mass is 211 g/mol. The minimum atomic E-state index is 0.155. The Hall–Kier alpha value is -0.560. The van der Waals surface area contributed by atoms with E-state index in [0.29, 0.717) is 0 Å². The Labute approximate surface area is 91.5 Å². The summed E-state index contributed by atoms with van der Waals surface area (Å²) in [5.74, 6) is 0. The predicted octanol–water partition coefficient (Wildman–Crippen LogP) is 3.67. The summed E-state index contributed by atoms with van der Waals surface area (Å²) in [6, 6.07) is 5.96. The summed E-state index contributed by atoms with van der Waals surface area (Å²) in [5.41, 5.74) is 1.26. The first kappa shape index (κ1) is 11.5. The van der Waals surface area contributed by atoms with E-state index in [2.05, 4.69) is 25.8 Å². The summed E-state index contributed by atoms with van der Waals surface area (Å²) in [6.07, 6.45) is 3.76. The first-order chi connectivity index (χ1) is 6.56. The van der Waals surface area contributed by atoms with E-state index >= 15 is 0 Å². The zero-order valence-corrected chi connectivity index (χ0v) is 9.88. The molecule has 0 fully saturated rings. The maximum atomic E-state index is 6.37. The Morgan fingerprint density at radius 1 is 1.43 bits per heavy atom. The molecule has 78 valence electrons. The molecule has 1 aromatic rings. The first-order valence-electron chi connectivity index (χ1n) is 5.10. The molecule has 0 saturated carbocycles.